The molecule has 1 amide bonds. The number of carbonyl (C=O) groups excluding carboxylic acids is 1. The van der Waals surface area contributed by atoms with Gasteiger partial charge in [0.1, 0.15) is 5.82 Å². The lowest BCUT2D eigenvalue weighted by Gasteiger charge is -2.34. The van der Waals surface area contributed by atoms with Gasteiger partial charge in [-0.1, -0.05) is 38.1 Å². The van der Waals surface area contributed by atoms with E-state index < -0.39 is 0 Å². The lowest BCUT2D eigenvalue weighted by Crippen LogP contribution is -2.39. The maximum absolute atomic E-state index is 13.6. The fraction of sp³-hybridized carbons (Fsp3) is 0.409. The summed E-state index contributed by atoms with van der Waals surface area (Å²) in [7, 11) is 0. The van der Waals surface area contributed by atoms with Gasteiger partial charge in [0.05, 0.1) is 6.54 Å². The van der Waals surface area contributed by atoms with Gasteiger partial charge < -0.3 is 5.32 Å². The Balaban J connectivity index is 1.73. The van der Waals surface area contributed by atoms with Crippen molar-refractivity contribution < 1.29 is 9.18 Å². The number of hydrogen-bond donors (Lipinski definition) is 1. The standard InChI is InChI=1S/C22H27FN2O/c1-4-16-7-6-8-17(5-2)22(16)24-21(26)14-25-12-11-18-9-10-19(23)13-20(18)15(25)3/h6-10,13,15H,4-5,11-12,14H2,1-3H3,(H,24,26). The van der Waals surface area contributed by atoms with Crippen molar-refractivity contribution in [2.24, 2.45) is 0 Å². The van der Waals surface area contributed by atoms with Gasteiger partial charge in [-0.15, -0.1) is 0 Å². The minimum absolute atomic E-state index is 0.00713. The van der Waals surface area contributed by atoms with Crippen LogP contribution in [0.25, 0.3) is 0 Å². The van der Waals surface area contributed by atoms with Crippen LogP contribution in [-0.2, 0) is 24.1 Å². The molecule has 0 bridgehead atoms. The molecule has 138 valence electrons. The maximum Gasteiger partial charge on any atom is 0.238 e. The number of halogens is 1. The second-order valence-corrected chi connectivity index (χ2v) is 6.95. The van der Waals surface area contributed by atoms with E-state index in [1.807, 2.05) is 19.1 Å². The minimum Gasteiger partial charge on any atom is -0.324 e. The number of rotatable bonds is 5. The highest BCUT2D eigenvalue weighted by molar-refractivity contribution is 5.94. The Morgan fingerprint density at radius 2 is 1.88 bits per heavy atom. The van der Waals surface area contributed by atoms with E-state index in [1.165, 1.54) is 11.6 Å². The van der Waals surface area contributed by atoms with Crippen LogP contribution in [0.3, 0.4) is 0 Å². The van der Waals surface area contributed by atoms with E-state index in [4.69, 9.17) is 0 Å². The van der Waals surface area contributed by atoms with Crippen molar-refractivity contribution in [3.8, 4) is 0 Å². The number of para-hydroxylation sites is 1. The van der Waals surface area contributed by atoms with Crippen molar-refractivity contribution in [2.45, 2.75) is 46.1 Å². The summed E-state index contributed by atoms with van der Waals surface area (Å²) in [6, 6.07) is 11.2. The van der Waals surface area contributed by atoms with Gasteiger partial charge >= 0.3 is 0 Å². The number of benzene rings is 2. The van der Waals surface area contributed by atoms with Crippen LogP contribution in [0.15, 0.2) is 36.4 Å². The third-order valence-electron chi connectivity index (χ3n) is 5.38. The van der Waals surface area contributed by atoms with Crippen LogP contribution in [0.2, 0.25) is 0 Å². The number of nitrogens with one attached hydrogen (secondary N) is 1. The summed E-state index contributed by atoms with van der Waals surface area (Å²) in [6.45, 7) is 7.37. The molecule has 0 saturated carbocycles. The predicted octanol–water partition coefficient (Wildman–Crippen LogP) is 4.51. The Hall–Kier alpha value is -2.20. The normalized spacial score (nSPS) is 17.0. The number of aryl methyl sites for hydroxylation is 2. The molecule has 1 heterocycles. The molecule has 2 aromatic carbocycles. The average Bonchev–Trinajstić information content (AvgIpc) is 2.64. The van der Waals surface area contributed by atoms with Crippen LogP contribution < -0.4 is 5.32 Å². The molecule has 1 atom stereocenters. The minimum atomic E-state index is -0.216. The molecule has 1 aliphatic rings. The molecule has 0 spiro atoms. The largest absolute Gasteiger partial charge is 0.324 e. The Bertz CT molecular complexity index is 780. The molecule has 1 aliphatic heterocycles. The molecule has 1 unspecified atom stereocenters. The summed E-state index contributed by atoms with van der Waals surface area (Å²) in [4.78, 5) is 14.8. The highest BCUT2D eigenvalue weighted by Gasteiger charge is 2.26. The second-order valence-electron chi connectivity index (χ2n) is 6.95. The number of fused-ring (bicyclic) bond motifs is 1. The maximum atomic E-state index is 13.6. The SMILES string of the molecule is CCc1cccc(CC)c1NC(=O)CN1CCc2ccc(F)cc2C1C. The number of carbonyl (C=O) groups is 1. The topological polar surface area (TPSA) is 32.3 Å². The monoisotopic (exact) mass is 354 g/mol. The van der Waals surface area contributed by atoms with Crippen molar-refractivity contribution in [3.05, 3.63) is 64.5 Å². The molecule has 0 radical (unpaired) electrons. The molecular weight excluding hydrogens is 327 g/mol. The molecule has 3 nitrogen and oxygen atoms in total. The van der Waals surface area contributed by atoms with Gasteiger partial charge in [0.2, 0.25) is 5.91 Å². The number of nitrogens with zero attached hydrogens (tertiary/aromatic N) is 1. The van der Waals surface area contributed by atoms with Gasteiger partial charge in [-0.05, 0) is 60.6 Å². The first-order valence-corrected chi connectivity index (χ1v) is 9.46. The summed E-state index contributed by atoms with van der Waals surface area (Å²) >= 11 is 0. The van der Waals surface area contributed by atoms with Crippen LogP contribution >= 0.6 is 0 Å². The molecular formula is C22H27FN2O. The van der Waals surface area contributed by atoms with Crippen molar-refractivity contribution in [2.75, 3.05) is 18.4 Å². The van der Waals surface area contributed by atoms with Crippen LogP contribution in [0.5, 0.6) is 0 Å². The van der Waals surface area contributed by atoms with Crippen LogP contribution in [-0.4, -0.2) is 23.9 Å². The zero-order valence-electron chi connectivity index (χ0n) is 15.8. The molecule has 0 aromatic heterocycles. The van der Waals surface area contributed by atoms with E-state index in [-0.39, 0.29) is 17.8 Å². The Labute approximate surface area is 155 Å². The summed E-state index contributed by atoms with van der Waals surface area (Å²) in [5.74, 6) is -0.223. The van der Waals surface area contributed by atoms with Crippen molar-refractivity contribution in [3.63, 3.8) is 0 Å². The molecule has 0 aliphatic carbocycles. The van der Waals surface area contributed by atoms with Crippen LogP contribution in [0, 0.1) is 5.82 Å². The van der Waals surface area contributed by atoms with E-state index >= 15 is 0 Å². The van der Waals surface area contributed by atoms with E-state index in [1.54, 1.807) is 6.07 Å². The van der Waals surface area contributed by atoms with Gasteiger partial charge in [-0.25, -0.2) is 4.39 Å². The fourth-order valence-corrected chi connectivity index (χ4v) is 3.82. The lowest BCUT2D eigenvalue weighted by atomic mass is 9.93. The molecule has 2 aromatic rings. The van der Waals surface area contributed by atoms with E-state index in [9.17, 15) is 9.18 Å². The second kappa shape index (κ2) is 8.00. The van der Waals surface area contributed by atoms with E-state index in [0.29, 0.717) is 6.54 Å². The highest BCUT2D eigenvalue weighted by atomic mass is 19.1. The summed E-state index contributed by atoms with van der Waals surface area (Å²) < 4.78 is 13.6. The van der Waals surface area contributed by atoms with Gasteiger partial charge in [0.15, 0.2) is 0 Å². The van der Waals surface area contributed by atoms with Crippen molar-refractivity contribution in [1.29, 1.82) is 0 Å². The van der Waals surface area contributed by atoms with Crippen LogP contribution in [0.4, 0.5) is 10.1 Å². The van der Waals surface area contributed by atoms with Gasteiger partial charge in [0, 0.05) is 18.3 Å². The molecule has 0 fully saturated rings. The summed E-state index contributed by atoms with van der Waals surface area (Å²) in [5.41, 5.74) is 5.46. The van der Waals surface area contributed by atoms with Crippen molar-refractivity contribution >= 4 is 11.6 Å². The Kier molecular flexibility index (Phi) is 5.72. The average molecular weight is 354 g/mol. The molecule has 3 rings (SSSR count). The smallest absolute Gasteiger partial charge is 0.238 e. The molecule has 0 saturated heterocycles. The first-order chi connectivity index (χ1) is 12.5. The predicted molar refractivity (Wildman–Crippen MR) is 104 cm³/mol. The van der Waals surface area contributed by atoms with Crippen molar-refractivity contribution in [1.82, 2.24) is 4.90 Å². The van der Waals surface area contributed by atoms with Gasteiger partial charge in [-0.2, -0.15) is 0 Å². The number of anilines is 1. The first-order valence-electron chi connectivity index (χ1n) is 9.46. The fourth-order valence-electron chi connectivity index (χ4n) is 3.82. The number of hydrogen-bond acceptors (Lipinski definition) is 2. The zero-order valence-corrected chi connectivity index (χ0v) is 15.8. The third-order valence-corrected chi connectivity index (χ3v) is 5.38. The number of amides is 1. The molecule has 26 heavy (non-hydrogen) atoms. The Morgan fingerprint density at radius 3 is 2.54 bits per heavy atom. The molecule has 1 N–H and O–H groups in total. The summed E-state index contributed by atoms with van der Waals surface area (Å²) in [6.07, 6.45) is 2.62. The van der Waals surface area contributed by atoms with Gasteiger partial charge in [0.25, 0.3) is 0 Å². The quantitative estimate of drug-likeness (QED) is 0.857. The van der Waals surface area contributed by atoms with Gasteiger partial charge in [-0.3, -0.25) is 9.69 Å². The Morgan fingerprint density at radius 1 is 1.19 bits per heavy atom. The first kappa shape index (κ1) is 18.6. The van der Waals surface area contributed by atoms with E-state index in [2.05, 4.69) is 36.2 Å². The lowest BCUT2D eigenvalue weighted by molar-refractivity contribution is -0.117. The third kappa shape index (κ3) is 3.80. The highest BCUT2D eigenvalue weighted by Crippen LogP contribution is 2.30. The van der Waals surface area contributed by atoms with E-state index in [0.717, 1.165) is 48.2 Å². The summed E-state index contributed by atoms with van der Waals surface area (Å²) in [5, 5.41) is 3.13. The molecule has 4 heteroatoms. The van der Waals surface area contributed by atoms with Crippen LogP contribution in [0.1, 0.15) is 49.1 Å². The zero-order chi connectivity index (χ0) is 18.7.